The number of nitrogens with one attached hydrogen (secondary N) is 1. The number of para-hydroxylation sites is 2. The third-order valence-electron chi connectivity index (χ3n) is 6.37. The van der Waals surface area contributed by atoms with Crippen LogP contribution in [0.4, 0.5) is 10.2 Å². The number of benzene rings is 4. The smallest absolute Gasteiger partial charge is 0.263 e. The number of sulfonamides is 1. The lowest BCUT2D eigenvalue weighted by Crippen LogP contribution is -2.18. The summed E-state index contributed by atoms with van der Waals surface area (Å²) in [5, 5.41) is 0. The zero-order valence-corrected chi connectivity index (χ0v) is 22.4. The van der Waals surface area contributed by atoms with Gasteiger partial charge in [0.1, 0.15) is 22.0 Å². The van der Waals surface area contributed by atoms with Crippen molar-refractivity contribution < 1.29 is 21.2 Å². The Kier molecular flexibility index (Phi) is 6.32. The van der Waals surface area contributed by atoms with Crippen molar-refractivity contribution in [1.82, 2.24) is 14.5 Å². The summed E-state index contributed by atoms with van der Waals surface area (Å²) in [7, 11) is -8.67. The highest BCUT2D eigenvalue weighted by Gasteiger charge is 2.33. The highest BCUT2D eigenvalue weighted by molar-refractivity contribution is 7.93. The van der Waals surface area contributed by atoms with Crippen LogP contribution in [0.1, 0.15) is 5.56 Å². The van der Waals surface area contributed by atoms with Crippen molar-refractivity contribution in [3.63, 3.8) is 0 Å². The molecule has 0 amide bonds. The van der Waals surface area contributed by atoms with E-state index in [0.717, 1.165) is 29.8 Å². The highest BCUT2D eigenvalue weighted by atomic mass is 32.2. The van der Waals surface area contributed by atoms with Gasteiger partial charge in [-0.05, 0) is 54.1 Å². The van der Waals surface area contributed by atoms with Gasteiger partial charge in [-0.1, -0.05) is 60.7 Å². The third kappa shape index (κ3) is 4.59. The molecular weight excluding hydrogens is 551 g/mol. The molecule has 0 saturated heterocycles. The molecule has 6 rings (SSSR count). The Morgan fingerprint density at radius 3 is 1.90 bits per heavy atom. The van der Waals surface area contributed by atoms with Gasteiger partial charge >= 0.3 is 0 Å². The fraction of sp³-hybridized carbons (Fsp3) is 0.0345. The number of sulfone groups is 1. The summed E-state index contributed by atoms with van der Waals surface area (Å²) >= 11 is 0. The number of rotatable bonds is 7. The molecule has 0 atom stereocenters. The average Bonchev–Trinajstić information content (AvgIpc) is 3.24. The normalized spacial score (nSPS) is 12.1. The van der Waals surface area contributed by atoms with Gasteiger partial charge in [0.05, 0.1) is 27.4 Å². The molecule has 0 fully saturated rings. The van der Waals surface area contributed by atoms with Crippen LogP contribution in [0, 0.1) is 5.82 Å². The Balaban J connectivity index is 1.70. The number of nitrogens with zero attached hydrogens (tertiary/aromatic N) is 3. The predicted octanol–water partition coefficient (Wildman–Crippen LogP) is 5.41. The summed E-state index contributed by atoms with van der Waals surface area (Å²) in [4.78, 5) is 8.79. The minimum absolute atomic E-state index is 0.0234. The summed E-state index contributed by atoms with van der Waals surface area (Å²) in [6.07, 6.45) is 0. The van der Waals surface area contributed by atoms with E-state index in [1.165, 1.54) is 16.7 Å². The summed E-state index contributed by atoms with van der Waals surface area (Å²) in [6, 6.07) is 28.1. The van der Waals surface area contributed by atoms with E-state index in [1.807, 2.05) is 30.3 Å². The Labute approximate surface area is 229 Å². The molecule has 0 aliphatic rings. The van der Waals surface area contributed by atoms with Crippen LogP contribution in [0.5, 0.6) is 0 Å². The summed E-state index contributed by atoms with van der Waals surface area (Å²) in [6.45, 7) is 0.0932. The van der Waals surface area contributed by atoms with Gasteiger partial charge in [-0.3, -0.25) is 4.72 Å². The molecule has 2 heterocycles. The number of aromatic nitrogens is 3. The largest absolute Gasteiger partial charge is 0.305 e. The maximum absolute atomic E-state index is 14.2. The summed E-state index contributed by atoms with van der Waals surface area (Å²) in [5.74, 6) is -0.827. The van der Waals surface area contributed by atoms with Gasteiger partial charge in [-0.25, -0.2) is 31.2 Å². The Morgan fingerprint density at radius 2 is 1.25 bits per heavy atom. The lowest BCUT2D eigenvalue weighted by atomic mass is 10.2. The topological polar surface area (TPSA) is 111 Å². The van der Waals surface area contributed by atoms with Gasteiger partial charge in [0.2, 0.25) is 9.84 Å². The van der Waals surface area contributed by atoms with Crippen LogP contribution in [0.3, 0.4) is 0 Å². The molecular formula is C29H21FN4O4S2. The van der Waals surface area contributed by atoms with Gasteiger partial charge in [0.15, 0.2) is 5.65 Å². The quantitative estimate of drug-likeness (QED) is 0.274. The highest BCUT2D eigenvalue weighted by Crippen LogP contribution is 2.38. The minimum Gasteiger partial charge on any atom is -0.305 e. The van der Waals surface area contributed by atoms with Gasteiger partial charge in [0.25, 0.3) is 10.0 Å². The van der Waals surface area contributed by atoms with Crippen LogP contribution in [0.2, 0.25) is 0 Å². The van der Waals surface area contributed by atoms with E-state index in [9.17, 15) is 21.2 Å². The van der Waals surface area contributed by atoms with E-state index < -0.39 is 25.7 Å². The SMILES string of the molecule is O=S(=O)(Nc1c(S(=O)(=O)c2ccccc2)c2nc3ccccc3nc2n1Cc1ccccc1)c1ccc(F)cc1. The van der Waals surface area contributed by atoms with Crippen LogP contribution >= 0.6 is 0 Å². The van der Waals surface area contributed by atoms with Gasteiger partial charge in [0, 0.05) is 0 Å². The fourth-order valence-corrected chi connectivity index (χ4v) is 7.17. The van der Waals surface area contributed by atoms with Crippen LogP contribution in [0.15, 0.2) is 124 Å². The van der Waals surface area contributed by atoms with Crippen molar-refractivity contribution in [2.75, 3.05) is 4.72 Å². The van der Waals surface area contributed by atoms with E-state index in [0.29, 0.717) is 11.0 Å². The molecule has 0 aliphatic carbocycles. The first-order valence-electron chi connectivity index (χ1n) is 12.2. The van der Waals surface area contributed by atoms with Crippen molar-refractivity contribution in [1.29, 1.82) is 0 Å². The van der Waals surface area contributed by atoms with Crippen molar-refractivity contribution in [3.05, 3.63) is 121 Å². The van der Waals surface area contributed by atoms with E-state index >= 15 is 0 Å². The molecule has 0 saturated carbocycles. The van der Waals surface area contributed by atoms with Crippen molar-refractivity contribution in [3.8, 4) is 0 Å². The zero-order valence-electron chi connectivity index (χ0n) is 20.8. The molecule has 1 N–H and O–H groups in total. The van der Waals surface area contributed by atoms with Crippen molar-refractivity contribution in [2.45, 2.75) is 21.2 Å². The molecule has 0 bridgehead atoms. The molecule has 8 nitrogen and oxygen atoms in total. The molecule has 6 aromatic rings. The molecule has 11 heteroatoms. The lowest BCUT2D eigenvalue weighted by Gasteiger charge is -2.15. The molecule has 200 valence electrons. The van der Waals surface area contributed by atoms with E-state index in [-0.39, 0.29) is 38.2 Å². The van der Waals surface area contributed by atoms with Crippen LogP contribution < -0.4 is 4.72 Å². The molecule has 0 spiro atoms. The zero-order chi connectivity index (χ0) is 27.9. The third-order valence-corrected chi connectivity index (χ3v) is 9.54. The predicted molar refractivity (Wildman–Crippen MR) is 150 cm³/mol. The molecule has 0 radical (unpaired) electrons. The Hall–Kier alpha value is -4.61. The van der Waals surface area contributed by atoms with Crippen LogP contribution in [-0.4, -0.2) is 31.4 Å². The summed E-state index contributed by atoms with van der Waals surface area (Å²) in [5.41, 5.74) is 1.95. The van der Waals surface area contributed by atoms with Crippen LogP contribution in [-0.2, 0) is 26.4 Å². The Bertz CT molecular complexity index is 2080. The van der Waals surface area contributed by atoms with Crippen LogP contribution in [0.25, 0.3) is 22.2 Å². The second-order valence-electron chi connectivity index (χ2n) is 9.01. The van der Waals surface area contributed by atoms with Gasteiger partial charge in [-0.2, -0.15) is 0 Å². The van der Waals surface area contributed by atoms with E-state index in [2.05, 4.69) is 9.71 Å². The van der Waals surface area contributed by atoms with Gasteiger partial charge in [-0.15, -0.1) is 0 Å². The molecule has 2 aromatic heterocycles. The van der Waals surface area contributed by atoms with Crippen molar-refractivity contribution in [2.24, 2.45) is 0 Å². The second-order valence-corrected chi connectivity index (χ2v) is 12.6. The first-order valence-corrected chi connectivity index (χ1v) is 15.1. The molecule has 4 aromatic carbocycles. The number of anilines is 1. The maximum Gasteiger partial charge on any atom is 0.263 e. The first-order chi connectivity index (χ1) is 19.2. The molecule has 0 unspecified atom stereocenters. The Morgan fingerprint density at radius 1 is 0.675 bits per heavy atom. The number of halogens is 1. The van der Waals surface area contributed by atoms with E-state index in [1.54, 1.807) is 42.5 Å². The second kappa shape index (κ2) is 9.85. The monoisotopic (exact) mass is 572 g/mol. The maximum atomic E-state index is 14.2. The lowest BCUT2D eigenvalue weighted by molar-refractivity contribution is 0.596. The molecule has 0 aliphatic heterocycles. The standard InChI is InChI=1S/C29H21FN4O4S2/c30-21-15-17-23(18-16-21)40(37,38)33-29-27(39(35,36)22-11-5-2-6-12-22)26-28(32-25-14-8-7-13-24(25)31-26)34(29)19-20-9-3-1-4-10-20/h1-18,33H,19H2. The number of hydrogen-bond donors (Lipinski definition) is 1. The van der Waals surface area contributed by atoms with Crippen molar-refractivity contribution >= 4 is 47.9 Å². The number of hydrogen-bond acceptors (Lipinski definition) is 6. The van der Waals surface area contributed by atoms with E-state index in [4.69, 9.17) is 4.98 Å². The summed E-state index contributed by atoms with van der Waals surface area (Å²) < 4.78 is 73.0. The van der Waals surface area contributed by atoms with Gasteiger partial charge < -0.3 is 4.57 Å². The number of fused-ring (bicyclic) bond motifs is 2. The average molecular weight is 573 g/mol. The first kappa shape index (κ1) is 25.7. The fourth-order valence-electron chi connectivity index (χ4n) is 4.47. The minimum atomic E-state index is -4.36. The molecule has 40 heavy (non-hydrogen) atoms.